The van der Waals surface area contributed by atoms with Gasteiger partial charge in [0.2, 0.25) is 5.76 Å². The minimum atomic E-state index is -0.220. The van der Waals surface area contributed by atoms with Gasteiger partial charge in [-0.25, -0.2) is 0 Å². The van der Waals surface area contributed by atoms with Crippen LogP contribution in [0.4, 0.5) is 0 Å². The predicted octanol–water partition coefficient (Wildman–Crippen LogP) is 1.90. The number of rotatable bonds is 2. The molecule has 1 aliphatic rings. The third-order valence-electron chi connectivity index (χ3n) is 4.37. The van der Waals surface area contributed by atoms with Crippen molar-refractivity contribution < 1.29 is 19.2 Å². The Kier molecular flexibility index (Phi) is 4.48. The Morgan fingerprint density at radius 3 is 2.16 bits per heavy atom. The smallest absolute Gasteiger partial charge is 0.292 e. The number of nitrogens with zero attached hydrogens (tertiary/aromatic N) is 3. The zero-order valence-corrected chi connectivity index (χ0v) is 14.6. The molecule has 1 aliphatic heterocycles. The summed E-state index contributed by atoms with van der Waals surface area (Å²) < 4.78 is 5.01. The van der Waals surface area contributed by atoms with E-state index in [9.17, 15) is 14.7 Å². The van der Waals surface area contributed by atoms with E-state index in [1.54, 1.807) is 35.8 Å². The minimum absolute atomic E-state index is 0.0197. The second-order valence-corrected chi connectivity index (χ2v) is 6.39. The molecule has 2 aromatic rings. The predicted molar refractivity (Wildman–Crippen MR) is 90.6 cm³/mol. The second-order valence-electron chi connectivity index (χ2n) is 6.39. The first-order chi connectivity index (χ1) is 11.9. The molecule has 0 unspecified atom stereocenters. The van der Waals surface area contributed by atoms with E-state index in [-0.39, 0.29) is 23.3 Å². The van der Waals surface area contributed by atoms with Gasteiger partial charge in [-0.2, -0.15) is 0 Å². The average molecular weight is 343 g/mol. The lowest BCUT2D eigenvalue weighted by Crippen LogP contribution is -2.50. The molecular formula is C18H21N3O4. The summed E-state index contributed by atoms with van der Waals surface area (Å²) in [4.78, 5) is 28.4. The summed E-state index contributed by atoms with van der Waals surface area (Å²) >= 11 is 0. The lowest BCUT2D eigenvalue weighted by atomic mass is 10.0. The van der Waals surface area contributed by atoms with Gasteiger partial charge in [-0.1, -0.05) is 11.2 Å². The maximum atomic E-state index is 12.7. The van der Waals surface area contributed by atoms with Crippen LogP contribution in [0, 0.1) is 20.8 Å². The molecule has 1 aromatic carbocycles. The van der Waals surface area contributed by atoms with Crippen LogP contribution in [0.1, 0.15) is 37.7 Å². The molecule has 132 valence electrons. The van der Waals surface area contributed by atoms with Crippen molar-refractivity contribution in [2.24, 2.45) is 0 Å². The van der Waals surface area contributed by atoms with Crippen LogP contribution in [-0.4, -0.2) is 58.1 Å². The lowest BCUT2D eigenvalue weighted by Gasteiger charge is -2.34. The number of phenolic OH excluding ortho intramolecular Hbond substituents is 1. The molecular weight excluding hydrogens is 322 g/mol. The largest absolute Gasteiger partial charge is 0.507 e. The van der Waals surface area contributed by atoms with E-state index in [1.165, 1.54) is 0 Å². The number of benzene rings is 1. The highest BCUT2D eigenvalue weighted by Gasteiger charge is 2.28. The van der Waals surface area contributed by atoms with Crippen LogP contribution in [0.3, 0.4) is 0 Å². The second kappa shape index (κ2) is 6.58. The molecule has 7 nitrogen and oxygen atoms in total. The first kappa shape index (κ1) is 17.0. The van der Waals surface area contributed by atoms with Crippen molar-refractivity contribution >= 4 is 11.8 Å². The molecule has 1 fully saturated rings. The number of carbonyl (C=O) groups is 2. The third kappa shape index (κ3) is 3.35. The van der Waals surface area contributed by atoms with Crippen molar-refractivity contribution in [3.05, 3.63) is 46.3 Å². The zero-order chi connectivity index (χ0) is 18.1. The molecule has 7 heteroatoms. The van der Waals surface area contributed by atoms with Gasteiger partial charge in [0.1, 0.15) is 5.75 Å². The summed E-state index contributed by atoms with van der Waals surface area (Å²) in [6.07, 6.45) is 0. The van der Waals surface area contributed by atoms with E-state index >= 15 is 0 Å². The van der Waals surface area contributed by atoms with Gasteiger partial charge in [0.15, 0.2) is 0 Å². The summed E-state index contributed by atoms with van der Waals surface area (Å²) in [5, 5.41) is 13.9. The molecule has 0 radical (unpaired) electrons. The summed E-state index contributed by atoms with van der Waals surface area (Å²) in [5.41, 5.74) is 2.57. The number of piperazine rings is 1. The van der Waals surface area contributed by atoms with Gasteiger partial charge in [0.05, 0.1) is 11.3 Å². The highest BCUT2D eigenvalue weighted by molar-refractivity contribution is 5.98. The maximum Gasteiger partial charge on any atom is 0.292 e. The Morgan fingerprint density at radius 2 is 1.60 bits per heavy atom. The standard InChI is InChI=1S/C18H21N3O4/c1-11-8-12(2)16(22)14(9-11)17(23)20-4-6-21(7-5-20)18(24)15-10-13(3)19-25-15/h8-10,22H,4-7H2,1-3H3. The van der Waals surface area contributed by atoms with Crippen LogP contribution in [0.15, 0.2) is 22.7 Å². The van der Waals surface area contributed by atoms with E-state index in [4.69, 9.17) is 4.52 Å². The molecule has 25 heavy (non-hydrogen) atoms. The van der Waals surface area contributed by atoms with Crippen LogP contribution < -0.4 is 0 Å². The summed E-state index contributed by atoms with van der Waals surface area (Å²) in [5.74, 6) is -0.204. The SMILES string of the molecule is Cc1cc(C)c(O)c(C(=O)N2CCN(C(=O)c3cc(C)no3)CC2)c1. The molecule has 1 aromatic heterocycles. The molecule has 0 saturated carbocycles. The highest BCUT2D eigenvalue weighted by Crippen LogP contribution is 2.25. The van der Waals surface area contributed by atoms with Crippen molar-refractivity contribution in [3.63, 3.8) is 0 Å². The Labute approximate surface area is 145 Å². The summed E-state index contributed by atoms with van der Waals surface area (Å²) in [6, 6.07) is 5.13. The molecule has 0 bridgehead atoms. The van der Waals surface area contributed by atoms with Crippen molar-refractivity contribution in [3.8, 4) is 5.75 Å². The number of aromatic nitrogens is 1. The fourth-order valence-electron chi connectivity index (χ4n) is 3.03. The van der Waals surface area contributed by atoms with Gasteiger partial charge in [-0.3, -0.25) is 9.59 Å². The van der Waals surface area contributed by atoms with Crippen molar-refractivity contribution in [1.29, 1.82) is 0 Å². The number of hydrogen-bond donors (Lipinski definition) is 1. The van der Waals surface area contributed by atoms with E-state index in [0.29, 0.717) is 43.0 Å². The fourth-order valence-corrected chi connectivity index (χ4v) is 3.03. The molecule has 1 N–H and O–H groups in total. The average Bonchev–Trinajstić information content (AvgIpc) is 3.03. The number of phenols is 1. The first-order valence-corrected chi connectivity index (χ1v) is 8.19. The van der Waals surface area contributed by atoms with Crippen molar-refractivity contribution in [2.45, 2.75) is 20.8 Å². The molecule has 2 heterocycles. The van der Waals surface area contributed by atoms with Crippen LogP contribution in [0.25, 0.3) is 0 Å². The lowest BCUT2D eigenvalue weighted by molar-refractivity contribution is 0.0511. The topological polar surface area (TPSA) is 86.9 Å². The van der Waals surface area contributed by atoms with Crippen LogP contribution >= 0.6 is 0 Å². The van der Waals surface area contributed by atoms with Gasteiger partial charge in [0.25, 0.3) is 11.8 Å². The Morgan fingerprint density at radius 1 is 1.00 bits per heavy atom. The normalized spacial score (nSPS) is 14.7. The van der Waals surface area contributed by atoms with E-state index in [2.05, 4.69) is 5.16 Å². The van der Waals surface area contributed by atoms with Crippen molar-refractivity contribution in [2.75, 3.05) is 26.2 Å². The van der Waals surface area contributed by atoms with Crippen LogP contribution in [-0.2, 0) is 0 Å². The molecule has 0 spiro atoms. The van der Waals surface area contributed by atoms with E-state index in [1.807, 2.05) is 13.0 Å². The Balaban J connectivity index is 1.68. The Hall–Kier alpha value is -2.83. The quantitative estimate of drug-likeness (QED) is 0.900. The summed E-state index contributed by atoms with van der Waals surface area (Å²) in [6.45, 7) is 7.06. The molecule has 3 rings (SSSR count). The number of amides is 2. The molecule has 0 aliphatic carbocycles. The molecule has 2 amide bonds. The molecule has 0 atom stereocenters. The molecule has 1 saturated heterocycles. The maximum absolute atomic E-state index is 12.7. The van der Waals surface area contributed by atoms with Crippen LogP contribution in [0.5, 0.6) is 5.75 Å². The number of aromatic hydroxyl groups is 1. The van der Waals surface area contributed by atoms with Crippen molar-refractivity contribution in [1.82, 2.24) is 15.0 Å². The first-order valence-electron chi connectivity index (χ1n) is 8.19. The van der Waals surface area contributed by atoms with Gasteiger partial charge >= 0.3 is 0 Å². The number of carbonyl (C=O) groups excluding carboxylic acids is 2. The number of hydrogen-bond acceptors (Lipinski definition) is 5. The summed E-state index contributed by atoms with van der Waals surface area (Å²) in [7, 11) is 0. The van der Waals surface area contributed by atoms with Gasteiger partial charge in [-0.05, 0) is 38.0 Å². The highest BCUT2D eigenvalue weighted by atomic mass is 16.5. The third-order valence-corrected chi connectivity index (χ3v) is 4.37. The fraction of sp³-hybridized carbons (Fsp3) is 0.389. The van der Waals surface area contributed by atoms with Crippen LogP contribution in [0.2, 0.25) is 0 Å². The van der Waals surface area contributed by atoms with Gasteiger partial charge in [0, 0.05) is 32.2 Å². The monoisotopic (exact) mass is 343 g/mol. The zero-order valence-electron chi connectivity index (χ0n) is 14.6. The Bertz CT molecular complexity index is 820. The van der Waals surface area contributed by atoms with E-state index < -0.39 is 0 Å². The number of aryl methyl sites for hydroxylation is 3. The van der Waals surface area contributed by atoms with Gasteiger partial charge < -0.3 is 19.4 Å². The van der Waals surface area contributed by atoms with E-state index in [0.717, 1.165) is 5.56 Å². The van der Waals surface area contributed by atoms with Gasteiger partial charge in [-0.15, -0.1) is 0 Å². The minimum Gasteiger partial charge on any atom is -0.507 e.